The standard InChI is InChI=1S/C15H22Cl2N2/c1-10-5-6-19(9-11(10)2)15(8-18)13-4-3-12(16)7-14(13)17/h3-4,7,10-11,15H,5-6,8-9,18H2,1-2H3. The molecule has 106 valence electrons. The molecule has 4 heteroatoms. The smallest absolute Gasteiger partial charge is 0.0485 e. The lowest BCUT2D eigenvalue weighted by molar-refractivity contribution is 0.0983. The highest BCUT2D eigenvalue weighted by molar-refractivity contribution is 6.35. The number of likely N-dealkylation sites (tertiary alicyclic amines) is 1. The number of nitrogens with two attached hydrogens (primary N) is 1. The van der Waals surface area contributed by atoms with Gasteiger partial charge in [-0.2, -0.15) is 0 Å². The SMILES string of the molecule is CC1CCN(C(CN)c2ccc(Cl)cc2Cl)CC1C. The van der Waals surface area contributed by atoms with Gasteiger partial charge in [0.1, 0.15) is 0 Å². The van der Waals surface area contributed by atoms with Crippen molar-refractivity contribution in [3.05, 3.63) is 33.8 Å². The topological polar surface area (TPSA) is 29.3 Å². The first-order valence-electron chi connectivity index (χ1n) is 6.92. The molecule has 0 radical (unpaired) electrons. The summed E-state index contributed by atoms with van der Waals surface area (Å²) in [5.41, 5.74) is 7.08. The normalized spacial score (nSPS) is 26.4. The molecular formula is C15H22Cl2N2. The van der Waals surface area contributed by atoms with Crippen LogP contribution in [0.3, 0.4) is 0 Å². The van der Waals surface area contributed by atoms with Gasteiger partial charge in [0.2, 0.25) is 0 Å². The summed E-state index contributed by atoms with van der Waals surface area (Å²) in [6.07, 6.45) is 1.23. The lowest BCUT2D eigenvalue weighted by Gasteiger charge is -2.40. The first kappa shape index (κ1) is 15.1. The zero-order valence-corrected chi connectivity index (χ0v) is 13.1. The minimum atomic E-state index is 0.194. The zero-order valence-electron chi connectivity index (χ0n) is 11.6. The maximum atomic E-state index is 6.32. The molecule has 1 aliphatic heterocycles. The fraction of sp³-hybridized carbons (Fsp3) is 0.600. The molecule has 19 heavy (non-hydrogen) atoms. The fourth-order valence-electron chi connectivity index (χ4n) is 2.82. The van der Waals surface area contributed by atoms with Crippen molar-refractivity contribution in [2.24, 2.45) is 17.6 Å². The van der Waals surface area contributed by atoms with Gasteiger partial charge in [-0.15, -0.1) is 0 Å². The Balaban J connectivity index is 2.20. The third-order valence-electron chi connectivity index (χ3n) is 4.35. The van der Waals surface area contributed by atoms with Crippen molar-refractivity contribution in [2.75, 3.05) is 19.6 Å². The summed E-state index contributed by atoms with van der Waals surface area (Å²) >= 11 is 12.3. The van der Waals surface area contributed by atoms with E-state index in [9.17, 15) is 0 Å². The van der Waals surface area contributed by atoms with Gasteiger partial charge in [-0.25, -0.2) is 0 Å². The van der Waals surface area contributed by atoms with Crippen LogP contribution >= 0.6 is 23.2 Å². The average Bonchev–Trinajstić information content (AvgIpc) is 2.37. The Bertz CT molecular complexity index is 436. The van der Waals surface area contributed by atoms with Crippen molar-refractivity contribution in [3.8, 4) is 0 Å². The Kier molecular flexibility index (Phi) is 5.13. The number of benzene rings is 1. The minimum Gasteiger partial charge on any atom is -0.329 e. The Morgan fingerprint density at radius 3 is 2.63 bits per heavy atom. The molecule has 1 aromatic rings. The largest absolute Gasteiger partial charge is 0.329 e. The number of nitrogens with zero attached hydrogens (tertiary/aromatic N) is 1. The molecule has 3 atom stereocenters. The van der Waals surface area contributed by atoms with Crippen LogP contribution in [0.15, 0.2) is 18.2 Å². The number of hydrogen-bond acceptors (Lipinski definition) is 2. The van der Waals surface area contributed by atoms with Gasteiger partial charge in [0.15, 0.2) is 0 Å². The first-order valence-corrected chi connectivity index (χ1v) is 7.67. The van der Waals surface area contributed by atoms with E-state index in [0.29, 0.717) is 22.5 Å². The lowest BCUT2D eigenvalue weighted by atomic mass is 9.87. The van der Waals surface area contributed by atoms with E-state index in [2.05, 4.69) is 18.7 Å². The molecule has 2 nitrogen and oxygen atoms in total. The zero-order chi connectivity index (χ0) is 14.0. The lowest BCUT2D eigenvalue weighted by Crippen LogP contribution is -2.43. The molecule has 0 aromatic heterocycles. The van der Waals surface area contributed by atoms with E-state index in [4.69, 9.17) is 28.9 Å². The van der Waals surface area contributed by atoms with Crippen LogP contribution in [0.4, 0.5) is 0 Å². The van der Waals surface area contributed by atoms with Gasteiger partial charge in [-0.05, 0) is 42.5 Å². The molecule has 3 unspecified atom stereocenters. The molecule has 0 aliphatic carbocycles. The molecule has 2 rings (SSSR count). The predicted octanol–water partition coefficient (Wildman–Crippen LogP) is 3.97. The highest BCUT2D eigenvalue weighted by Gasteiger charge is 2.28. The van der Waals surface area contributed by atoms with E-state index in [1.807, 2.05) is 12.1 Å². The highest BCUT2D eigenvalue weighted by atomic mass is 35.5. The molecule has 1 aliphatic rings. The van der Waals surface area contributed by atoms with E-state index >= 15 is 0 Å². The van der Waals surface area contributed by atoms with Gasteiger partial charge >= 0.3 is 0 Å². The molecule has 0 amide bonds. The van der Waals surface area contributed by atoms with Crippen LogP contribution in [0.1, 0.15) is 31.9 Å². The van der Waals surface area contributed by atoms with Crippen molar-refractivity contribution in [3.63, 3.8) is 0 Å². The molecule has 1 aromatic carbocycles. The summed E-state index contributed by atoms with van der Waals surface area (Å²) < 4.78 is 0. The maximum absolute atomic E-state index is 6.32. The Morgan fingerprint density at radius 1 is 1.32 bits per heavy atom. The van der Waals surface area contributed by atoms with Gasteiger partial charge in [-0.1, -0.05) is 43.1 Å². The van der Waals surface area contributed by atoms with Crippen molar-refractivity contribution in [2.45, 2.75) is 26.3 Å². The van der Waals surface area contributed by atoms with Crippen LogP contribution < -0.4 is 5.73 Å². The van der Waals surface area contributed by atoms with E-state index in [1.54, 1.807) is 6.07 Å². The van der Waals surface area contributed by atoms with Crippen molar-refractivity contribution < 1.29 is 0 Å². The number of rotatable bonds is 3. The van der Waals surface area contributed by atoms with Gasteiger partial charge in [0, 0.05) is 29.2 Å². The Hall–Kier alpha value is -0.280. The molecular weight excluding hydrogens is 279 g/mol. The van der Waals surface area contributed by atoms with Crippen LogP contribution in [0, 0.1) is 11.8 Å². The van der Waals surface area contributed by atoms with Gasteiger partial charge in [-0.3, -0.25) is 4.90 Å². The first-order chi connectivity index (χ1) is 9.02. The number of halogens is 2. The maximum Gasteiger partial charge on any atom is 0.0485 e. The van der Waals surface area contributed by atoms with E-state index in [0.717, 1.165) is 24.6 Å². The third-order valence-corrected chi connectivity index (χ3v) is 4.91. The highest BCUT2D eigenvalue weighted by Crippen LogP contribution is 2.33. The van der Waals surface area contributed by atoms with Crippen LogP contribution in [0.5, 0.6) is 0 Å². The summed E-state index contributed by atoms with van der Waals surface area (Å²) in [6.45, 7) is 7.40. The second kappa shape index (κ2) is 6.45. The molecule has 1 fully saturated rings. The van der Waals surface area contributed by atoms with Gasteiger partial charge in [0.05, 0.1) is 0 Å². The van der Waals surface area contributed by atoms with Crippen LogP contribution in [-0.4, -0.2) is 24.5 Å². The summed E-state index contributed by atoms with van der Waals surface area (Å²) in [7, 11) is 0. The van der Waals surface area contributed by atoms with Crippen molar-refractivity contribution in [1.29, 1.82) is 0 Å². The van der Waals surface area contributed by atoms with Crippen LogP contribution in [0.25, 0.3) is 0 Å². The van der Waals surface area contributed by atoms with Crippen molar-refractivity contribution in [1.82, 2.24) is 4.90 Å². The summed E-state index contributed by atoms with van der Waals surface area (Å²) in [5.74, 6) is 1.49. The van der Waals surface area contributed by atoms with Crippen LogP contribution in [-0.2, 0) is 0 Å². The van der Waals surface area contributed by atoms with Crippen LogP contribution in [0.2, 0.25) is 10.0 Å². The number of hydrogen-bond donors (Lipinski definition) is 1. The molecule has 0 spiro atoms. The fourth-order valence-corrected chi connectivity index (χ4v) is 3.36. The molecule has 1 saturated heterocycles. The van der Waals surface area contributed by atoms with Crippen molar-refractivity contribution >= 4 is 23.2 Å². The Morgan fingerprint density at radius 2 is 2.05 bits per heavy atom. The summed E-state index contributed by atoms with van der Waals surface area (Å²) in [4.78, 5) is 2.46. The monoisotopic (exact) mass is 300 g/mol. The molecule has 0 saturated carbocycles. The molecule has 2 N–H and O–H groups in total. The third kappa shape index (κ3) is 3.43. The van der Waals surface area contributed by atoms with Gasteiger partial charge < -0.3 is 5.73 Å². The number of piperidine rings is 1. The van der Waals surface area contributed by atoms with E-state index in [-0.39, 0.29) is 6.04 Å². The Labute approximate surface area is 125 Å². The second-order valence-corrected chi connectivity index (χ2v) is 6.50. The predicted molar refractivity (Wildman–Crippen MR) is 82.8 cm³/mol. The second-order valence-electron chi connectivity index (χ2n) is 5.66. The molecule has 1 heterocycles. The van der Waals surface area contributed by atoms with E-state index in [1.165, 1.54) is 6.42 Å². The van der Waals surface area contributed by atoms with Gasteiger partial charge in [0.25, 0.3) is 0 Å². The summed E-state index contributed by atoms with van der Waals surface area (Å²) in [6, 6.07) is 5.89. The molecule has 0 bridgehead atoms. The summed E-state index contributed by atoms with van der Waals surface area (Å²) in [5, 5.41) is 1.39. The average molecular weight is 301 g/mol. The minimum absolute atomic E-state index is 0.194. The van der Waals surface area contributed by atoms with E-state index < -0.39 is 0 Å². The quantitative estimate of drug-likeness (QED) is 0.915.